The van der Waals surface area contributed by atoms with Gasteiger partial charge in [0.2, 0.25) is 5.91 Å². The first-order chi connectivity index (χ1) is 14.8. The third-order valence-corrected chi connectivity index (χ3v) is 6.79. The number of rotatable bonds is 4. The molecule has 0 aliphatic carbocycles. The van der Waals surface area contributed by atoms with Crippen LogP contribution in [0.2, 0.25) is 10.0 Å². The first-order valence-electron chi connectivity index (χ1n) is 10.4. The minimum Gasteiger partial charge on any atom is -0.486 e. The van der Waals surface area contributed by atoms with Crippen LogP contribution in [0.1, 0.15) is 58.4 Å². The van der Waals surface area contributed by atoms with E-state index in [4.69, 9.17) is 27.9 Å². The third kappa shape index (κ3) is 4.63. The van der Waals surface area contributed by atoms with Crippen LogP contribution >= 0.6 is 23.2 Å². The van der Waals surface area contributed by atoms with Gasteiger partial charge >= 0.3 is 0 Å². The standard InChI is InChI=1S/C24H23Cl2NO4/c1-15-12-22-18(13-19(15)26)21(29)14-24(31-22)8-10-27(11-9-24)23(30)7-6-20(28)16-2-4-17(25)5-3-16/h2-5,12-13H,6-11,14H2,1H3. The fourth-order valence-electron chi connectivity index (χ4n) is 4.22. The summed E-state index contributed by atoms with van der Waals surface area (Å²) in [7, 11) is 0. The summed E-state index contributed by atoms with van der Waals surface area (Å²) >= 11 is 12.0. The van der Waals surface area contributed by atoms with E-state index in [-0.39, 0.29) is 36.7 Å². The molecule has 0 aromatic heterocycles. The maximum Gasteiger partial charge on any atom is 0.223 e. The summed E-state index contributed by atoms with van der Waals surface area (Å²) in [6.45, 7) is 2.89. The molecule has 2 aromatic carbocycles. The summed E-state index contributed by atoms with van der Waals surface area (Å²) in [5.41, 5.74) is 1.36. The molecular formula is C24H23Cl2NO4. The molecule has 2 heterocycles. The Morgan fingerprint density at radius 3 is 2.42 bits per heavy atom. The van der Waals surface area contributed by atoms with Crippen molar-refractivity contribution in [3.8, 4) is 5.75 Å². The number of amides is 1. The first kappa shape index (κ1) is 21.8. The topological polar surface area (TPSA) is 63.7 Å². The Balaban J connectivity index is 1.34. The summed E-state index contributed by atoms with van der Waals surface area (Å²) in [5, 5.41) is 1.12. The Labute approximate surface area is 191 Å². The van der Waals surface area contributed by atoms with Crippen molar-refractivity contribution in [2.75, 3.05) is 13.1 Å². The lowest BCUT2D eigenvalue weighted by atomic mass is 9.82. The number of aryl methyl sites for hydroxylation is 1. The maximum atomic E-state index is 12.7. The number of Topliss-reactive ketones (excluding diaryl/α,β-unsaturated/α-hetero) is 2. The number of halogens is 2. The number of fused-ring (bicyclic) bond motifs is 1. The summed E-state index contributed by atoms with van der Waals surface area (Å²) < 4.78 is 6.28. The molecule has 0 saturated carbocycles. The van der Waals surface area contributed by atoms with Crippen molar-refractivity contribution in [3.05, 3.63) is 63.1 Å². The van der Waals surface area contributed by atoms with Crippen LogP contribution in [0.5, 0.6) is 5.75 Å². The molecule has 5 nitrogen and oxygen atoms in total. The van der Waals surface area contributed by atoms with E-state index in [1.807, 2.05) is 13.0 Å². The number of carbonyl (C=O) groups excluding carboxylic acids is 3. The average molecular weight is 460 g/mol. The second-order valence-electron chi connectivity index (χ2n) is 8.29. The Hall–Kier alpha value is -2.37. The van der Waals surface area contributed by atoms with E-state index < -0.39 is 5.60 Å². The molecule has 1 amide bonds. The number of benzene rings is 2. The fourth-order valence-corrected chi connectivity index (χ4v) is 4.51. The number of ketones is 2. The highest BCUT2D eigenvalue weighted by Gasteiger charge is 2.43. The summed E-state index contributed by atoms with van der Waals surface area (Å²) in [5.74, 6) is 0.468. The zero-order valence-corrected chi connectivity index (χ0v) is 18.8. The number of likely N-dealkylation sites (tertiary alicyclic amines) is 1. The van der Waals surface area contributed by atoms with Crippen molar-refractivity contribution in [2.24, 2.45) is 0 Å². The van der Waals surface area contributed by atoms with Gasteiger partial charge in [0.05, 0.1) is 12.0 Å². The van der Waals surface area contributed by atoms with Gasteiger partial charge in [-0.3, -0.25) is 14.4 Å². The predicted molar refractivity (Wildman–Crippen MR) is 119 cm³/mol. The van der Waals surface area contributed by atoms with Gasteiger partial charge in [-0.05, 0) is 48.9 Å². The Kier molecular flexibility index (Phi) is 6.09. The Bertz CT molecular complexity index is 1040. The molecule has 0 radical (unpaired) electrons. The van der Waals surface area contributed by atoms with Crippen molar-refractivity contribution in [2.45, 2.75) is 44.6 Å². The normalized spacial score (nSPS) is 17.3. The lowest BCUT2D eigenvalue weighted by Crippen LogP contribution is -2.52. The molecule has 0 unspecified atom stereocenters. The molecule has 4 rings (SSSR count). The van der Waals surface area contributed by atoms with E-state index >= 15 is 0 Å². The van der Waals surface area contributed by atoms with Crippen molar-refractivity contribution >= 4 is 40.7 Å². The molecule has 0 N–H and O–H groups in total. The van der Waals surface area contributed by atoms with Gasteiger partial charge in [-0.2, -0.15) is 0 Å². The van der Waals surface area contributed by atoms with Crippen LogP contribution in [0, 0.1) is 6.92 Å². The number of hydrogen-bond acceptors (Lipinski definition) is 4. The van der Waals surface area contributed by atoms with Crippen molar-refractivity contribution in [1.82, 2.24) is 4.90 Å². The average Bonchev–Trinajstić information content (AvgIpc) is 2.74. The molecule has 7 heteroatoms. The summed E-state index contributed by atoms with van der Waals surface area (Å²) in [4.78, 5) is 39.4. The molecule has 2 aliphatic heterocycles. The number of carbonyl (C=O) groups is 3. The van der Waals surface area contributed by atoms with E-state index in [0.717, 1.165) is 5.56 Å². The zero-order valence-electron chi connectivity index (χ0n) is 17.2. The van der Waals surface area contributed by atoms with Crippen LogP contribution in [0.15, 0.2) is 36.4 Å². The number of ether oxygens (including phenoxy) is 1. The van der Waals surface area contributed by atoms with Crippen molar-refractivity contribution < 1.29 is 19.1 Å². The molecule has 1 saturated heterocycles. The van der Waals surface area contributed by atoms with Gasteiger partial charge in [0.25, 0.3) is 0 Å². The summed E-state index contributed by atoms with van der Waals surface area (Å²) in [6.07, 6.45) is 1.77. The second-order valence-corrected chi connectivity index (χ2v) is 9.14. The van der Waals surface area contributed by atoms with Crippen LogP contribution < -0.4 is 4.74 Å². The van der Waals surface area contributed by atoms with E-state index in [1.54, 1.807) is 35.2 Å². The monoisotopic (exact) mass is 459 g/mol. The van der Waals surface area contributed by atoms with Gasteiger partial charge in [-0.15, -0.1) is 0 Å². The highest BCUT2D eigenvalue weighted by molar-refractivity contribution is 6.32. The number of piperidine rings is 1. The van der Waals surface area contributed by atoms with Gasteiger partial charge in [0, 0.05) is 54.4 Å². The van der Waals surface area contributed by atoms with Crippen LogP contribution in [0.25, 0.3) is 0 Å². The summed E-state index contributed by atoms with van der Waals surface area (Å²) in [6, 6.07) is 10.2. The molecule has 31 heavy (non-hydrogen) atoms. The first-order valence-corrected chi connectivity index (χ1v) is 11.1. The number of nitrogens with zero attached hydrogens (tertiary/aromatic N) is 1. The Morgan fingerprint density at radius 1 is 1.06 bits per heavy atom. The zero-order chi connectivity index (χ0) is 22.2. The highest BCUT2D eigenvalue weighted by atomic mass is 35.5. The minimum atomic E-state index is -0.583. The van der Waals surface area contributed by atoms with Gasteiger partial charge < -0.3 is 9.64 Å². The predicted octanol–water partition coefficient (Wildman–Crippen LogP) is 5.29. The fraction of sp³-hybridized carbons (Fsp3) is 0.375. The quantitative estimate of drug-likeness (QED) is 0.582. The van der Waals surface area contributed by atoms with Gasteiger partial charge in [-0.25, -0.2) is 0 Å². The SMILES string of the molecule is Cc1cc2c(cc1Cl)C(=O)CC1(CCN(C(=O)CCC(=O)c3ccc(Cl)cc3)CC1)O2. The molecule has 162 valence electrons. The lowest BCUT2D eigenvalue weighted by molar-refractivity contribution is -0.134. The molecule has 0 bridgehead atoms. The molecule has 2 aromatic rings. The molecule has 0 atom stereocenters. The molecule has 1 spiro atoms. The van der Waals surface area contributed by atoms with E-state index in [0.29, 0.717) is 52.9 Å². The van der Waals surface area contributed by atoms with Gasteiger partial charge in [0.15, 0.2) is 11.6 Å². The van der Waals surface area contributed by atoms with E-state index in [1.165, 1.54) is 0 Å². The van der Waals surface area contributed by atoms with Crippen molar-refractivity contribution in [1.29, 1.82) is 0 Å². The van der Waals surface area contributed by atoms with Crippen LogP contribution in [0.4, 0.5) is 0 Å². The largest absolute Gasteiger partial charge is 0.486 e. The van der Waals surface area contributed by atoms with E-state index in [2.05, 4.69) is 0 Å². The molecular weight excluding hydrogens is 437 g/mol. The molecule has 1 fully saturated rings. The van der Waals surface area contributed by atoms with Crippen LogP contribution in [-0.4, -0.2) is 41.1 Å². The lowest BCUT2D eigenvalue weighted by Gasteiger charge is -2.44. The second kappa shape index (κ2) is 8.64. The van der Waals surface area contributed by atoms with Crippen LogP contribution in [-0.2, 0) is 4.79 Å². The minimum absolute atomic E-state index is 0.0245. The van der Waals surface area contributed by atoms with Gasteiger partial charge in [0.1, 0.15) is 11.4 Å². The third-order valence-electron chi connectivity index (χ3n) is 6.13. The number of hydrogen-bond donors (Lipinski definition) is 0. The van der Waals surface area contributed by atoms with E-state index in [9.17, 15) is 14.4 Å². The highest BCUT2D eigenvalue weighted by Crippen LogP contribution is 2.41. The Morgan fingerprint density at radius 2 is 1.74 bits per heavy atom. The maximum absolute atomic E-state index is 12.7. The van der Waals surface area contributed by atoms with Gasteiger partial charge in [-0.1, -0.05) is 23.2 Å². The molecule has 2 aliphatic rings. The smallest absolute Gasteiger partial charge is 0.223 e. The van der Waals surface area contributed by atoms with Crippen LogP contribution in [0.3, 0.4) is 0 Å². The van der Waals surface area contributed by atoms with Crippen molar-refractivity contribution in [3.63, 3.8) is 0 Å².